The van der Waals surface area contributed by atoms with Crippen molar-refractivity contribution in [2.24, 2.45) is 5.92 Å². The predicted molar refractivity (Wildman–Crippen MR) is 62.6 cm³/mol. The fourth-order valence-corrected chi connectivity index (χ4v) is 3.13. The third-order valence-corrected chi connectivity index (χ3v) is 5.03. The van der Waals surface area contributed by atoms with Gasteiger partial charge in [-0.1, -0.05) is 0 Å². The summed E-state index contributed by atoms with van der Waals surface area (Å²) in [7, 11) is 0.108. The summed E-state index contributed by atoms with van der Waals surface area (Å²) in [5.74, 6) is 0.0136. The molecule has 0 unspecified atom stereocenters. The Balaban J connectivity index is 2.55. The average molecular weight is 269 g/mol. The van der Waals surface area contributed by atoms with Crippen LogP contribution in [0.2, 0.25) is 0 Å². The molecule has 1 amide bonds. The highest BCUT2D eigenvalue weighted by atomic mass is 35.5. The summed E-state index contributed by atoms with van der Waals surface area (Å²) in [6.07, 6.45) is 1.15. The van der Waals surface area contributed by atoms with Crippen molar-refractivity contribution in [3.8, 4) is 0 Å². The summed E-state index contributed by atoms with van der Waals surface area (Å²) in [4.78, 5) is 13.2. The van der Waals surface area contributed by atoms with Crippen molar-refractivity contribution in [2.45, 2.75) is 12.8 Å². The molecular formula is C9H17ClN2O3S. The van der Waals surface area contributed by atoms with Gasteiger partial charge in [0.2, 0.25) is 15.9 Å². The Morgan fingerprint density at radius 2 is 1.88 bits per heavy atom. The minimum atomic E-state index is -3.32. The summed E-state index contributed by atoms with van der Waals surface area (Å²) >= 11 is 5.37. The second kappa shape index (κ2) is 5.33. The molecule has 1 fully saturated rings. The summed E-state index contributed by atoms with van der Waals surface area (Å²) in [5, 5.41) is -0.390. The number of rotatable bonds is 3. The fourth-order valence-electron chi connectivity index (χ4n) is 1.82. The predicted octanol–water partition coefficient (Wildman–Crippen LogP) is 0.313. The van der Waals surface area contributed by atoms with Gasteiger partial charge >= 0.3 is 0 Å². The van der Waals surface area contributed by atoms with Crippen LogP contribution in [0.25, 0.3) is 0 Å². The van der Waals surface area contributed by atoms with Crippen molar-refractivity contribution in [1.82, 2.24) is 9.21 Å². The van der Waals surface area contributed by atoms with Gasteiger partial charge in [0.1, 0.15) is 5.21 Å². The van der Waals surface area contributed by atoms with Crippen LogP contribution in [0.4, 0.5) is 0 Å². The Morgan fingerprint density at radius 3 is 2.25 bits per heavy atom. The molecule has 1 heterocycles. The lowest BCUT2D eigenvalue weighted by atomic mass is 9.97. The van der Waals surface area contributed by atoms with Gasteiger partial charge in [0.25, 0.3) is 0 Å². The van der Waals surface area contributed by atoms with Crippen LogP contribution in [0.3, 0.4) is 0 Å². The molecule has 16 heavy (non-hydrogen) atoms. The van der Waals surface area contributed by atoms with Crippen molar-refractivity contribution in [3.63, 3.8) is 0 Å². The number of hydrogen-bond acceptors (Lipinski definition) is 3. The van der Waals surface area contributed by atoms with Gasteiger partial charge < -0.3 is 4.90 Å². The van der Waals surface area contributed by atoms with Gasteiger partial charge in [-0.05, 0) is 12.8 Å². The molecule has 1 aliphatic heterocycles. The molecular weight excluding hydrogens is 252 g/mol. The van der Waals surface area contributed by atoms with Crippen molar-refractivity contribution < 1.29 is 13.2 Å². The molecule has 0 spiro atoms. The first-order valence-corrected chi connectivity index (χ1v) is 7.28. The lowest BCUT2D eigenvalue weighted by Gasteiger charge is -2.31. The molecule has 0 aromatic heterocycles. The zero-order chi connectivity index (χ0) is 12.3. The standard InChI is InChI=1S/C9H17ClN2O3S/c1-11(2)9(13)8-3-5-12(6-4-8)16(14,15)7-10/h8H,3-7H2,1-2H3. The first-order chi connectivity index (χ1) is 7.38. The maximum Gasteiger partial charge on any atom is 0.228 e. The summed E-state index contributed by atoms with van der Waals surface area (Å²) in [6.45, 7) is 0.776. The molecule has 0 aromatic carbocycles. The van der Waals surface area contributed by atoms with Crippen molar-refractivity contribution in [1.29, 1.82) is 0 Å². The monoisotopic (exact) mass is 268 g/mol. The van der Waals surface area contributed by atoms with E-state index in [0.717, 1.165) is 0 Å². The van der Waals surface area contributed by atoms with Crippen molar-refractivity contribution >= 4 is 27.5 Å². The largest absolute Gasteiger partial charge is 0.349 e. The molecule has 0 atom stereocenters. The second-order valence-electron chi connectivity index (χ2n) is 4.13. The van der Waals surface area contributed by atoms with Gasteiger partial charge in [-0.15, -0.1) is 11.6 Å². The van der Waals surface area contributed by atoms with E-state index in [4.69, 9.17) is 11.6 Å². The molecule has 0 N–H and O–H groups in total. The van der Waals surface area contributed by atoms with E-state index in [9.17, 15) is 13.2 Å². The van der Waals surface area contributed by atoms with E-state index in [0.29, 0.717) is 25.9 Å². The third kappa shape index (κ3) is 3.09. The molecule has 0 saturated carbocycles. The Bertz CT molecular complexity index is 348. The van der Waals surface area contributed by atoms with Gasteiger partial charge in [-0.3, -0.25) is 4.79 Å². The molecule has 94 valence electrons. The van der Waals surface area contributed by atoms with Crippen LogP contribution in [0.1, 0.15) is 12.8 Å². The van der Waals surface area contributed by atoms with E-state index in [2.05, 4.69) is 0 Å². The van der Waals surface area contributed by atoms with E-state index in [1.54, 1.807) is 19.0 Å². The third-order valence-electron chi connectivity index (χ3n) is 2.78. The molecule has 1 saturated heterocycles. The second-order valence-corrected chi connectivity index (χ2v) is 6.68. The van der Waals surface area contributed by atoms with Crippen LogP contribution in [-0.2, 0) is 14.8 Å². The number of nitrogens with zero attached hydrogens (tertiary/aromatic N) is 2. The van der Waals surface area contributed by atoms with E-state index in [1.807, 2.05) is 0 Å². The van der Waals surface area contributed by atoms with Crippen LogP contribution >= 0.6 is 11.6 Å². The topological polar surface area (TPSA) is 57.7 Å². The first kappa shape index (κ1) is 13.7. The lowest BCUT2D eigenvalue weighted by molar-refractivity contribution is -0.134. The number of halogens is 1. The summed E-state index contributed by atoms with van der Waals surface area (Å²) in [5.41, 5.74) is 0. The highest BCUT2D eigenvalue weighted by Crippen LogP contribution is 2.21. The van der Waals surface area contributed by atoms with Crippen LogP contribution in [0.15, 0.2) is 0 Å². The Labute approximate surface area is 101 Å². The number of hydrogen-bond donors (Lipinski definition) is 0. The van der Waals surface area contributed by atoms with Crippen LogP contribution in [-0.4, -0.2) is 55.9 Å². The quantitative estimate of drug-likeness (QED) is 0.693. The van der Waals surface area contributed by atoms with Crippen LogP contribution in [0, 0.1) is 5.92 Å². The fraction of sp³-hybridized carbons (Fsp3) is 0.889. The highest BCUT2D eigenvalue weighted by Gasteiger charge is 2.30. The maximum atomic E-state index is 11.7. The highest BCUT2D eigenvalue weighted by molar-refractivity contribution is 7.90. The van der Waals surface area contributed by atoms with Gasteiger partial charge in [0.05, 0.1) is 0 Å². The number of piperidine rings is 1. The molecule has 0 bridgehead atoms. The summed E-state index contributed by atoms with van der Waals surface area (Å²) < 4.78 is 24.3. The molecule has 5 nitrogen and oxygen atoms in total. The van der Waals surface area contributed by atoms with E-state index >= 15 is 0 Å². The number of sulfonamides is 1. The zero-order valence-corrected chi connectivity index (χ0v) is 11.1. The van der Waals surface area contributed by atoms with Gasteiger partial charge in [0, 0.05) is 33.1 Å². The van der Waals surface area contributed by atoms with Crippen molar-refractivity contribution in [2.75, 3.05) is 32.4 Å². The molecule has 7 heteroatoms. The van der Waals surface area contributed by atoms with Gasteiger partial charge in [-0.25, -0.2) is 12.7 Å². The molecule has 1 aliphatic rings. The van der Waals surface area contributed by atoms with Gasteiger partial charge in [0.15, 0.2) is 0 Å². The lowest BCUT2D eigenvalue weighted by Crippen LogP contribution is -2.43. The Morgan fingerprint density at radius 1 is 1.38 bits per heavy atom. The molecule has 0 radical (unpaired) electrons. The number of amides is 1. The van der Waals surface area contributed by atoms with Crippen LogP contribution < -0.4 is 0 Å². The average Bonchev–Trinajstić information content (AvgIpc) is 2.28. The minimum absolute atomic E-state index is 0.0585. The first-order valence-electron chi connectivity index (χ1n) is 5.13. The molecule has 1 rings (SSSR count). The summed E-state index contributed by atoms with van der Waals surface area (Å²) in [6, 6.07) is 0. The maximum absolute atomic E-state index is 11.7. The normalized spacial score (nSPS) is 19.7. The Hall–Kier alpha value is -0.330. The van der Waals surface area contributed by atoms with E-state index in [-0.39, 0.29) is 17.0 Å². The smallest absolute Gasteiger partial charge is 0.228 e. The zero-order valence-electron chi connectivity index (χ0n) is 9.52. The van der Waals surface area contributed by atoms with E-state index in [1.165, 1.54) is 4.31 Å². The number of carbonyl (C=O) groups excluding carboxylic acids is 1. The SMILES string of the molecule is CN(C)C(=O)C1CCN(S(=O)(=O)CCl)CC1. The molecule has 0 aromatic rings. The van der Waals surface area contributed by atoms with Crippen LogP contribution in [0.5, 0.6) is 0 Å². The minimum Gasteiger partial charge on any atom is -0.349 e. The number of alkyl halides is 1. The van der Waals surface area contributed by atoms with Crippen molar-refractivity contribution in [3.05, 3.63) is 0 Å². The number of carbonyl (C=O) groups is 1. The Kier molecular flexibility index (Phi) is 4.58. The van der Waals surface area contributed by atoms with E-state index < -0.39 is 10.0 Å². The van der Waals surface area contributed by atoms with Gasteiger partial charge in [-0.2, -0.15) is 0 Å². The molecule has 0 aliphatic carbocycles.